The van der Waals surface area contributed by atoms with Crippen molar-refractivity contribution in [2.24, 2.45) is 0 Å². The minimum atomic E-state index is -1.22. The Balaban J connectivity index is 2.20. The smallest absolute Gasteiger partial charge is 0.335 e. The van der Waals surface area contributed by atoms with Gasteiger partial charge in [-0.25, -0.2) is 9.18 Å². The predicted molar refractivity (Wildman–Crippen MR) is 65.6 cm³/mol. The number of hydrogen-bond donors (Lipinski definition) is 2. The van der Waals surface area contributed by atoms with E-state index in [0.29, 0.717) is 4.88 Å². The molecular weight excluding hydrogens is 257 g/mol. The minimum absolute atomic E-state index is 0.0431. The normalized spacial score (nSPS) is 10.1. The number of carboxylic acids is 1. The largest absolute Gasteiger partial charge is 0.478 e. The second-order valence-corrected chi connectivity index (χ2v) is 4.38. The van der Waals surface area contributed by atoms with E-state index in [-0.39, 0.29) is 11.3 Å². The molecule has 1 aromatic carbocycles. The van der Waals surface area contributed by atoms with Gasteiger partial charge in [0.15, 0.2) is 0 Å². The standard InChI is InChI=1S/C12H8FNO3S/c13-8-6-7(12(16)17)3-4-9(8)14-11(15)10-2-1-5-18-10/h1-6H,(H,14,15)(H,16,17). The summed E-state index contributed by atoms with van der Waals surface area (Å²) in [5.41, 5.74) is -0.208. The second kappa shape index (κ2) is 4.97. The fourth-order valence-corrected chi connectivity index (χ4v) is 1.96. The van der Waals surface area contributed by atoms with Crippen molar-refractivity contribution in [2.45, 2.75) is 0 Å². The zero-order chi connectivity index (χ0) is 13.1. The molecule has 0 atom stereocenters. The van der Waals surface area contributed by atoms with Crippen molar-refractivity contribution in [3.63, 3.8) is 0 Å². The summed E-state index contributed by atoms with van der Waals surface area (Å²) in [5, 5.41) is 12.8. The fourth-order valence-electron chi connectivity index (χ4n) is 1.34. The fraction of sp³-hybridized carbons (Fsp3) is 0. The van der Waals surface area contributed by atoms with Gasteiger partial charge in [0.1, 0.15) is 5.82 Å². The summed E-state index contributed by atoms with van der Waals surface area (Å²) >= 11 is 1.24. The van der Waals surface area contributed by atoms with Gasteiger partial charge >= 0.3 is 5.97 Å². The molecule has 92 valence electrons. The molecule has 2 rings (SSSR count). The first-order valence-electron chi connectivity index (χ1n) is 4.95. The van der Waals surface area contributed by atoms with Crippen molar-refractivity contribution >= 4 is 28.9 Å². The van der Waals surface area contributed by atoms with Crippen LogP contribution in [0.15, 0.2) is 35.7 Å². The van der Waals surface area contributed by atoms with Gasteiger partial charge < -0.3 is 10.4 Å². The molecule has 0 bridgehead atoms. The van der Waals surface area contributed by atoms with Crippen LogP contribution < -0.4 is 5.32 Å². The number of halogens is 1. The highest BCUT2D eigenvalue weighted by atomic mass is 32.1. The van der Waals surface area contributed by atoms with Gasteiger partial charge in [-0.15, -0.1) is 11.3 Å². The molecule has 2 N–H and O–H groups in total. The van der Waals surface area contributed by atoms with Crippen molar-refractivity contribution in [3.05, 3.63) is 52.0 Å². The summed E-state index contributed by atoms with van der Waals surface area (Å²) < 4.78 is 13.5. The van der Waals surface area contributed by atoms with E-state index in [1.807, 2.05) is 0 Å². The van der Waals surface area contributed by atoms with Crippen LogP contribution in [0.2, 0.25) is 0 Å². The summed E-state index contributed by atoms with van der Waals surface area (Å²) in [6, 6.07) is 6.65. The van der Waals surface area contributed by atoms with E-state index < -0.39 is 17.7 Å². The maximum absolute atomic E-state index is 13.5. The molecule has 0 aliphatic rings. The molecule has 0 aliphatic heterocycles. The number of benzene rings is 1. The number of amides is 1. The zero-order valence-corrected chi connectivity index (χ0v) is 9.83. The number of thiophene rings is 1. The summed E-state index contributed by atoms with van der Waals surface area (Å²) in [4.78, 5) is 22.7. The number of carbonyl (C=O) groups is 2. The summed E-state index contributed by atoms with van der Waals surface area (Å²) in [6.07, 6.45) is 0. The van der Waals surface area contributed by atoms with Crippen LogP contribution in [-0.4, -0.2) is 17.0 Å². The molecule has 0 unspecified atom stereocenters. The SMILES string of the molecule is O=C(O)c1ccc(NC(=O)c2cccs2)c(F)c1. The molecule has 0 fully saturated rings. The molecule has 1 heterocycles. The molecule has 0 saturated heterocycles. The first-order chi connectivity index (χ1) is 8.58. The number of nitrogens with one attached hydrogen (secondary N) is 1. The number of carbonyl (C=O) groups excluding carboxylic acids is 1. The van der Waals surface area contributed by atoms with E-state index in [9.17, 15) is 14.0 Å². The van der Waals surface area contributed by atoms with E-state index in [1.54, 1.807) is 17.5 Å². The molecule has 1 amide bonds. The number of hydrogen-bond acceptors (Lipinski definition) is 3. The lowest BCUT2D eigenvalue weighted by Crippen LogP contribution is -2.11. The Labute approximate surface area is 106 Å². The Kier molecular flexibility index (Phi) is 3.38. The van der Waals surface area contributed by atoms with Crippen LogP contribution in [0.4, 0.5) is 10.1 Å². The van der Waals surface area contributed by atoms with Gasteiger partial charge in [0.2, 0.25) is 0 Å². The van der Waals surface area contributed by atoms with Gasteiger partial charge in [-0.2, -0.15) is 0 Å². The Morgan fingerprint density at radius 3 is 2.61 bits per heavy atom. The van der Waals surface area contributed by atoms with Crippen LogP contribution >= 0.6 is 11.3 Å². The Bertz CT molecular complexity index is 595. The van der Waals surface area contributed by atoms with Crippen LogP contribution in [0.3, 0.4) is 0 Å². The molecule has 0 aliphatic carbocycles. The third-order valence-corrected chi connectivity index (χ3v) is 3.08. The third kappa shape index (κ3) is 2.54. The molecule has 0 radical (unpaired) electrons. The van der Waals surface area contributed by atoms with Gasteiger partial charge in [-0.3, -0.25) is 4.79 Å². The number of anilines is 1. The maximum Gasteiger partial charge on any atom is 0.335 e. The van der Waals surface area contributed by atoms with Crippen molar-refractivity contribution in [1.29, 1.82) is 0 Å². The van der Waals surface area contributed by atoms with Gasteiger partial charge in [0, 0.05) is 0 Å². The maximum atomic E-state index is 13.5. The van der Waals surface area contributed by atoms with Crippen molar-refractivity contribution in [3.8, 4) is 0 Å². The van der Waals surface area contributed by atoms with Gasteiger partial charge in [-0.1, -0.05) is 6.07 Å². The minimum Gasteiger partial charge on any atom is -0.478 e. The van der Waals surface area contributed by atoms with Crippen molar-refractivity contribution < 1.29 is 19.1 Å². The molecule has 6 heteroatoms. The molecular formula is C12H8FNO3S. The highest BCUT2D eigenvalue weighted by molar-refractivity contribution is 7.12. The third-order valence-electron chi connectivity index (χ3n) is 2.21. The van der Waals surface area contributed by atoms with E-state index >= 15 is 0 Å². The van der Waals surface area contributed by atoms with E-state index in [2.05, 4.69) is 5.32 Å². The lowest BCUT2D eigenvalue weighted by atomic mass is 10.2. The average molecular weight is 265 g/mol. The highest BCUT2D eigenvalue weighted by Gasteiger charge is 2.12. The number of rotatable bonds is 3. The molecule has 18 heavy (non-hydrogen) atoms. The van der Waals surface area contributed by atoms with Crippen LogP contribution in [0.1, 0.15) is 20.0 Å². The first kappa shape index (κ1) is 12.3. The number of carboxylic acid groups (broad SMARTS) is 1. The lowest BCUT2D eigenvalue weighted by molar-refractivity contribution is 0.0696. The average Bonchev–Trinajstić information content (AvgIpc) is 2.85. The van der Waals surface area contributed by atoms with Crippen LogP contribution in [0.5, 0.6) is 0 Å². The van der Waals surface area contributed by atoms with Crippen molar-refractivity contribution in [1.82, 2.24) is 0 Å². The van der Waals surface area contributed by atoms with E-state index in [1.165, 1.54) is 23.5 Å². The topological polar surface area (TPSA) is 66.4 Å². The molecule has 0 spiro atoms. The molecule has 2 aromatic rings. The molecule has 4 nitrogen and oxygen atoms in total. The summed E-state index contributed by atoms with van der Waals surface area (Å²) in [6.45, 7) is 0. The van der Waals surface area contributed by atoms with E-state index in [4.69, 9.17) is 5.11 Å². The van der Waals surface area contributed by atoms with Gasteiger partial charge in [-0.05, 0) is 29.6 Å². The summed E-state index contributed by atoms with van der Waals surface area (Å²) in [7, 11) is 0. The molecule has 0 saturated carbocycles. The summed E-state index contributed by atoms with van der Waals surface area (Å²) in [5.74, 6) is -2.42. The Morgan fingerprint density at radius 1 is 1.28 bits per heavy atom. The first-order valence-corrected chi connectivity index (χ1v) is 5.83. The quantitative estimate of drug-likeness (QED) is 0.896. The van der Waals surface area contributed by atoms with Gasteiger partial charge in [0.05, 0.1) is 16.1 Å². The number of aromatic carboxylic acids is 1. The predicted octanol–water partition coefficient (Wildman–Crippen LogP) is 2.84. The van der Waals surface area contributed by atoms with Crippen molar-refractivity contribution in [2.75, 3.05) is 5.32 Å². The zero-order valence-electron chi connectivity index (χ0n) is 9.01. The lowest BCUT2D eigenvalue weighted by Gasteiger charge is -2.05. The second-order valence-electron chi connectivity index (χ2n) is 3.43. The van der Waals surface area contributed by atoms with Crippen LogP contribution in [0, 0.1) is 5.82 Å². The monoisotopic (exact) mass is 265 g/mol. The highest BCUT2D eigenvalue weighted by Crippen LogP contribution is 2.18. The Morgan fingerprint density at radius 2 is 2.06 bits per heavy atom. The van der Waals surface area contributed by atoms with Crippen LogP contribution in [0.25, 0.3) is 0 Å². The molecule has 1 aromatic heterocycles. The Hall–Kier alpha value is -2.21. The van der Waals surface area contributed by atoms with E-state index in [0.717, 1.165) is 6.07 Å². The van der Waals surface area contributed by atoms with Gasteiger partial charge in [0.25, 0.3) is 5.91 Å². The van der Waals surface area contributed by atoms with Crippen LogP contribution in [-0.2, 0) is 0 Å².